The molecule has 0 radical (unpaired) electrons. The zero-order valence-corrected chi connectivity index (χ0v) is 11.2. The van der Waals surface area contributed by atoms with Crippen molar-refractivity contribution >= 4 is 22.3 Å². The molecule has 2 rings (SSSR count). The summed E-state index contributed by atoms with van der Waals surface area (Å²) in [7, 11) is 0. The number of aliphatic carboxylic acids is 1. The summed E-state index contributed by atoms with van der Waals surface area (Å²) in [5, 5.41) is 23.0. The summed E-state index contributed by atoms with van der Waals surface area (Å²) >= 11 is 0.924. The summed E-state index contributed by atoms with van der Waals surface area (Å²) in [5.41, 5.74) is 0. The van der Waals surface area contributed by atoms with Crippen LogP contribution in [0.2, 0.25) is 0 Å². The number of carboxylic acids is 1. The molecule has 0 bridgehead atoms. The van der Waals surface area contributed by atoms with Crippen LogP contribution in [0.25, 0.3) is 0 Å². The second-order valence-electron chi connectivity index (χ2n) is 4.71. The Morgan fingerprint density at radius 2 is 2.11 bits per heavy atom. The quantitative estimate of drug-likeness (QED) is 0.640. The smallest absolute Gasteiger partial charge is 0.326 e. The van der Waals surface area contributed by atoms with Crippen LogP contribution in [0.1, 0.15) is 43.0 Å². The van der Waals surface area contributed by atoms with Crippen molar-refractivity contribution < 1.29 is 14.8 Å². The van der Waals surface area contributed by atoms with Gasteiger partial charge in [-0.05, 0) is 18.9 Å². The lowest BCUT2D eigenvalue weighted by molar-refractivity contribution is -0.380. The number of nitrogens with one attached hydrogen (secondary N) is 1. The van der Waals surface area contributed by atoms with Gasteiger partial charge in [0.15, 0.2) is 0 Å². The van der Waals surface area contributed by atoms with Gasteiger partial charge in [-0.3, -0.25) is 20.2 Å². The number of nitrogens with zero attached hydrogens (tertiary/aromatic N) is 1. The first-order chi connectivity index (χ1) is 9.08. The van der Waals surface area contributed by atoms with Gasteiger partial charge in [-0.15, -0.1) is 0 Å². The van der Waals surface area contributed by atoms with Crippen LogP contribution in [0.15, 0.2) is 12.1 Å². The molecule has 1 fully saturated rings. The normalized spacial score (nSPS) is 18.1. The average molecular weight is 284 g/mol. The van der Waals surface area contributed by atoms with E-state index in [4.69, 9.17) is 0 Å². The maximum Gasteiger partial charge on any atom is 0.326 e. The molecule has 0 aliphatic heterocycles. The molecule has 19 heavy (non-hydrogen) atoms. The van der Waals surface area contributed by atoms with Crippen LogP contribution in [-0.4, -0.2) is 22.0 Å². The Labute approximate surface area is 114 Å². The van der Waals surface area contributed by atoms with Crippen molar-refractivity contribution in [1.82, 2.24) is 5.32 Å². The van der Waals surface area contributed by atoms with Crippen LogP contribution >= 0.6 is 11.3 Å². The van der Waals surface area contributed by atoms with Gasteiger partial charge >= 0.3 is 11.0 Å². The Hall–Kier alpha value is -1.47. The molecule has 2 N–H and O–H groups in total. The molecule has 1 saturated carbocycles. The number of hydrogen-bond acceptors (Lipinski definition) is 5. The Balaban J connectivity index is 2.09. The molecule has 0 aromatic carbocycles. The number of carbonyl (C=O) groups is 1. The second-order valence-corrected chi connectivity index (χ2v) is 5.80. The summed E-state index contributed by atoms with van der Waals surface area (Å²) in [4.78, 5) is 22.0. The Bertz CT molecular complexity index is 468. The number of nitro groups is 1. The lowest BCUT2D eigenvalue weighted by atomic mass is 9.95. The van der Waals surface area contributed by atoms with E-state index < -0.39 is 16.9 Å². The Kier molecular flexibility index (Phi) is 4.49. The van der Waals surface area contributed by atoms with Crippen molar-refractivity contribution in [2.24, 2.45) is 0 Å². The summed E-state index contributed by atoms with van der Waals surface area (Å²) in [6, 6.07) is 2.23. The summed E-state index contributed by atoms with van der Waals surface area (Å²) in [5.74, 6) is -0.984. The topological polar surface area (TPSA) is 92.5 Å². The second kappa shape index (κ2) is 6.12. The van der Waals surface area contributed by atoms with Crippen LogP contribution in [0.4, 0.5) is 5.00 Å². The third kappa shape index (κ3) is 3.51. The molecule has 0 amide bonds. The first-order valence-electron chi connectivity index (χ1n) is 6.31. The molecule has 1 aromatic heterocycles. The van der Waals surface area contributed by atoms with E-state index in [2.05, 4.69) is 5.32 Å². The van der Waals surface area contributed by atoms with Crippen LogP contribution in [0.3, 0.4) is 0 Å². The molecule has 6 nitrogen and oxygen atoms in total. The van der Waals surface area contributed by atoms with E-state index in [0.29, 0.717) is 4.88 Å². The van der Waals surface area contributed by atoms with Crippen molar-refractivity contribution in [2.75, 3.05) is 0 Å². The standard InChI is InChI=1S/C12H16N2O4S/c15-12(16)11(13-8-4-2-1-3-5-8)9-6-7-10(19-9)14(17)18/h6-8,11,13H,1-5H2,(H,15,16). The minimum Gasteiger partial charge on any atom is -0.480 e. The SMILES string of the molecule is O=C(O)C(NC1CCCCC1)c1ccc([N+](=O)[O-])s1. The Morgan fingerprint density at radius 1 is 1.42 bits per heavy atom. The van der Waals surface area contributed by atoms with E-state index in [1.165, 1.54) is 18.6 Å². The summed E-state index contributed by atoms with van der Waals surface area (Å²) in [6.45, 7) is 0. The van der Waals surface area contributed by atoms with Crippen molar-refractivity contribution in [3.63, 3.8) is 0 Å². The molecule has 0 spiro atoms. The highest BCUT2D eigenvalue weighted by Crippen LogP contribution is 2.30. The average Bonchev–Trinajstić information content (AvgIpc) is 2.86. The van der Waals surface area contributed by atoms with Gasteiger partial charge in [-0.2, -0.15) is 0 Å². The number of rotatable bonds is 5. The van der Waals surface area contributed by atoms with Gasteiger partial charge in [0.25, 0.3) is 0 Å². The van der Waals surface area contributed by atoms with E-state index in [0.717, 1.165) is 37.0 Å². The Morgan fingerprint density at radius 3 is 2.63 bits per heavy atom. The fraction of sp³-hybridized carbons (Fsp3) is 0.583. The van der Waals surface area contributed by atoms with Gasteiger partial charge in [0, 0.05) is 17.0 Å². The fourth-order valence-corrected chi connectivity index (χ4v) is 3.25. The molecule has 1 aromatic rings. The molecule has 7 heteroatoms. The molecular formula is C12H16N2O4S. The third-order valence-corrected chi connectivity index (χ3v) is 4.43. The van der Waals surface area contributed by atoms with Crippen LogP contribution in [-0.2, 0) is 4.79 Å². The van der Waals surface area contributed by atoms with Gasteiger partial charge in [0.1, 0.15) is 6.04 Å². The first kappa shape index (κ1) is 14.0. The van der Waals surface area contributed by atoms with Gasteiger partial charge in [-0.1, -0.05) is 30.6 Å². The minimum absolute atomic E-state index is 0.0216. The molecule has 1 heterocycles. The van der Waals surface area contributed by atoms with Crippen molar-refractivity contribution in [2.45, 2.75) is 44.2 Å². The predicted molar refractivity (Wildman–Crippen MR) is 71.4 cm³/mol. The summed E-state index contributed by atoms with van der Waals surface area (Å²) in [6.07, 6.45) is 5.35. The van der Waals surface area contributed by atoms with Gasteiger partial charge in [0.05, 0.1) is 4.92 Å². The van der Waals surface area contributed by atoms with Crippen LogP contribution in [0, 0.1) is 10.1 Å². The molecule has 104 valence electrons. The largest absolute Gasteiger partial charge is 0.480 e. The van der Waals surface area contributed by atoms with Gasteiger partial charge in [0.2, 0.25) is 0 Å². The van der Waals surface area contributed by atoms with Crippen molar-refractivity contribution in [1.29, 1.82) is 0 Å². The van der Waals surface area contributed by atoms with Crippen molar-refractivity contribution in [3.05, 3.63) is 27.1 Å². The molecule has 1 aliphatic carbocycles. The first-order valence-corrected chi connectivity index (χ1v) is 7.12. The molecule has 1 aliphatic rings. The zero-order chi connectivity index (χ0) is 13.8. The molecule has 0 saturated heterocycles. The van der Waals surface area contributed by atoms with Gasteiger partial charge < -0.3 is 5.11 Å². The number of thiophene rings is 1. The summed E-state index contributed by atoms with van der Waals surface area (Å²) < 4.78 is 0. The lowest BCUT2D eigenvalue weighted by Crippen LogP contribution is -2.37. The predicted octanol–water partition coefficient (Wildman–Crippen LogP) is 2.70. The van der Waals surface area contributed by atoms with E-state index in [1.54, 1.807) is 0 Å². The van der Waals surface area contributed by atoms with E-state index in [-0.39, 0.29) is 11.0 Å². The molecular weight excluding hydrogens is 268 g/mol. The number of hydrogen-bond donors (Lipinski definition) is 2. The zero-order valence-electron chi connectivity index (χ0n) is 10.4. The number of carboxylic acid groups (broad SMARTS) is 1. The fourth-order valence-electron chi connectivity index (χ4n) is 2.38. The minimum atomic E-state index is -0.984. The lowest BCUT2D eigenvalue weighted by Gasteiger charge is -2.25. The maximum absolute atomic E-state index is 11.3. The van der Waals surface area contributed by atoms with Gasteiger partial charge in [-0.25, -0.2) is 0 Å². The van der Waals surface area contributed by atoms with E-state index in [9.17, 15) is 20.0 Å². The highest BCUT2D eigenvalue weighted by Gasteiger charge is 2.27. The molecule has 1 unspecified atom stereocenters. The third-order valence-electron chi connectivity index (χ3n) is 3.33. The van der Waals surface area contributed by atoms with Crippen LogP contribution in [0.5, 0.6) is 0 Å². The highest BCUT2D eigenvalue weighted by atomic mass is 32.1. The maximum atomic E-state index is 11.3. The van der Waals surface area contributed by atoms with Crippen molar-refractivity contribution in [3.8, 4) is 0 Å². The van der Waals surface area contributed by atoms with E-state index in [1.807, 2.05) is 0 Å². The monoisotopic (exact) mass is 284 g/mol. The van der Waals surface area contributed by atoms with Crippen LogP contribution < -0.4 is 5.32 Å². The highest BCUT2D eigenvalue weighted by molar-refractivity contribution is 7.15. The molecule has 1 atom stereocenters. The van der Waals surface area contributed by atoms with E-state index >= 15 is 0 Å².